The first-order valence-electron chi connectivity index (χ1n) is 7.73. The first-order chi connectivity index (χ1) is 12.5. The first-order valence-corrected chi connectivity index (χ1v) is 8.11. The Bertz CT molecular complexity index is 948. The summed E-state index contributed by atoms with van der Waals surface area (Å²) in [7, 11) is 1.34. The smallest absolute Gasteiger partial charge is 0.337 e. The van der Waals surface area contributed by atoms with E-state index in [2.05, 4.69) is 25.8 Å². The maximum Gasteiger partial charge on any atom is 0.337 e. The minimum Gasteiger partial charge on any atom is -0.465 e. The molecule has 2 N–H and O–H groups in total. The molecular weight excluding hydrogens is 354 g/mol. The molecule has 0 spiro atoms. The lowest BCUT2D eigenvalue weighted by Gasteiger charge is -2.10. The van der Waals surface area contributed by atoms with Gasteiger partial charge in [0.15, 0.2) is 5.82 Å². The van der Waals surface area contributed by atoms with Gasteiger partial charge in [-0.25, -0.2) is 4.79 Å². The highest BCUT2D eigenvalue weighted by atomic mass is 35.5. The van der Waals surface area contributed by atoms with E-state index in [-0.39, 0.29) is 0 Å². The molecule has 7 nitrogen and oxygen atoms in total. The molecule has 0 aliphatic carbocycles. The Kier molecular flexibility index (Phi) is 5.28. The van der Waals surface area contributed by atoms with Gasteiger partial charge in [-0.1, -0.05) is 23.7 Å². The van der Waals surface area contributed by atoms with Crippen LogP contribution in [0.15, 0.2) is 48.7 Å². The van der Waals surface area contributed by atoms with Crippen molar-refractivity contribution in [1.29, 1.82) is 0 Å². The second-order valence-corrected chi connectivity index (χ2v) is 5.88. The highest BCUT2D eigenvalue weighted by Crippen LogP contribution is 2.23. The quantitative estimate of drug-likeness (QED) is 0.654. The first kappa shape index (κ1) is 17.6. The SMILES string of the molecule is COC(=O)c1cccc(Nc2cnnc(Nc3cc(Cl)ccc3C)n2)c1. The number of aromatic nitrogens is 3. The minimum atomic E-state index is -0.409. The average molecular weight is 370 g/mol. The van der Waals surface area contributed by atoms with Gasteiger partial charge >= 0.3 is 5.97 Å². The number of hydrogen-bond acceptors (Lipinski definition) is 7. The van der Waals surface area contributed by atoms with E-state index in [1.165, 1.54) is 13.3 Å². The van der Waals surface area contributed by atoms with Gasteiger partial charge in [-0.15, -0.1) is 5.10 Å². The Labute approximate surface area is 155 Å². The van der Waals surface area contributed by atoms with E-state index in [9.17, 15) is 4.79 Å². The van der Waals surface area contributed by atoms with Crippen LogP contribution in [-0.4, -0.2) is 28.3 Å². The Morgan fingerprint density at radius 1 is 1.15 bits per heavy atom. The van der Waals surface area contributed by atoms with E-state index < -0.39 is 5.97 Å². The van der Waals surface area contributed by atoms with Crippen molar-refractivity contribution in [3.63, 3.8) is 0 Å². The van der Waals surface area contributed by atoms with Crippen molar-refractivity contribution in [2.75, 3.05) is 17.7 Å². The molecule has 0 radical (unpaired) electrons. The summed E-state index contributed by atoms with van der Waals surface area (Å²) in [6.45, 7) is 1.95. The van der Waals surface area contributed by atoms with Crippen LogP contribution < -0.4 is 10.6 Å². The van der Waals surface area contributed by atoms with Crippen molar-refractivity contribution in [3.05, 3.63) is 64.8 Å². The van der Waals surface area contributed by atoms with Crippen molar-refractivity contribution in [2.45, 2.75) is 6.92 Å². The molecule has 0 atom stereocenters. The Morgan fingerprint density at radius 2 is 2.00 bits per heavy atom. The van der Waals surface area contributed by atoms with Gasteiger partial charge in [0.2, 0.25) is 5.95 Å². The van der Waals surface area contributed by atoms with Crippen LogP contribution in [0.2, 0.25) is 5.02 Å². The molecule has 8 heteroatoms. The molecule has 0 saturated heterocycles. The van der Waals surface area contributed by atoms with E-state index >= 15 is 0 Å². The van der Waals surface area contributed by atoms with E-state index in [0.29, 0.717) is 28.0 Å². The number of carbonyl (C=O) groups is 1. The molecule has 132 valence electrons. The van der Waals surface area contributed by atoms with Gasteiger partial charge in [-0.05, 0) is 42.8 Å². The summed E-state index contributed by atoms with van der Waals surface area (Å²) in [4.78, 5) is 16.0. The summed E-state index contributed by atoms with van der Waals surface area (Å²) in [5, 5.41) is 14.7. The van der Waals surface area contributed by atoms with Gasteiger partial charge in [-0.3, -0.25) is 0 Å². The number of methoxy groups -OCH3 is 1. The lowest BCUT2D eigenvalue weighted by molar-refractivity contribution is 0.0601. The van der Waals surface area contributed by atoms with Gasteiger partial charge in [0.05, 0.1) is 18.9 Å². The fourth-order valence-electron chi connectivity index (χ4n) is 2.26. The molecule has 0 saturated carbocycles. The van der Waals surface area contributed by atoms with Gasteiger partial charge in [0, 0.05) is 16.4 Å². The number of esters is 1. The van der Waals surface area contributed by atoms with Crippen LogP contribution in [-0.2, 0) is 4.74 Å². The van der Waals surface area contributed by atoms with Crippen molar-refractivity contribution in [1.82, 2.24) is 15.2 Å². The van der Waals surface area contributed by atoms with E-state index in [0.717, 1.165) is 11.3 Å². The fraction of sp³-hybridized carbons (Fsp3) is 0.111. The maximum absolute atomic E-state index is 11.6. The van der Waals surface area contributed by atoms with Gasteiger partial charge in [0.25, 0.3) is 0 Å². The lowest BCUT2D eigenvalue weighted by Crippen LogP contribution is -2.04. The number of aryl methyl sites for hydroxylation is 1. The van der Waals surface area contributed by atoms with Crippen LogP contribution in [0.4, 0.5) is 23.1 Å². The van der Waals surface area contributed by atoms with Gasteiger partial charge < -0.3 is 15.4 Å². The summed E-state index contributed by atoms with van der Waals surface area (Å²) in [5.41, 5.74) is 2.91. The Morgan fingerprint density at radius 3 is 2.81 bits per heavy atom. The van der Waals surface area contributed by atoms with Crippen molar-refractivity contribution >= 4 is 40.7 Å². The summed E-state index contributed by atoms with van der Waals surface area (Å²) in [6, 6.07) is 12.4. The number of halogens is 1. The largest absolute Gasteiger partial charge is 0.465 e. The number of rotatable bonds is 5. The summed E-state index contributed by atoms with van der Waals surface area (Å²) in [6.07, 6.45) is 1.49. The van der Waals surface area contributed by atoms with Crippen LogP contribution in [0.3, 0.4) is 0 Å². The zero-order chi connectivity index (χ0) is 18.5. The molecule has 1 heterocycles. The van der Waals surface area contributed by atoms with Crippen LogP contribution in [0.5, 0.6) is 0 Å². The molecule has 0 unspecified atom stereocenters. The lowest BCUT2D eigenvalue weighted by atomic mass is 10.2. The summed E-state index contributed by atoms with van der Waals surface area (Å²) < 4.78 is 4.72. The molecule has 0 fully saturated rings. The van der Waals surface area contributed by atoms with Crippen molar-refractivity contribution < 1.29 is 9.53 Å². The van der Waals surface area contributed by atoms with E-state index in [1.54, 1.807) is 24.3 Å². The molecule has 3 aromatic rings. The Hall–Kier alpha value is -3.19. The summed E-state index contributed by atoms with van der Waals surface area (Å²) >= 11 is 6.03. The van der Waals surface area contributed by atoms with Crippen LogP contribution in [0.1, 0.15) is 15.9 Å². The molecule has 1 aromatic heterocycles. The highest BCUT2D eigenvalue weighted by molar-refractivity contribution is 6.30. The van der Waals surface area contributed by atoms with E-state index in [1.807, 2.05) is 25.1 Å². The zero-order valence-corrected chi connectivity index (χ0v) is 14.9. The number of nitrogens with zero attached hydrogens (tertiary/aromatic N) is 3. The number of anilines is 4. The van der Waals surface area contributed by atoms with Crippen LogP contribution in [0.25, 0.3) is 0 Å². The molecule has 2 aromatic carbocycles. The third kappa shape index (κ3) is 4.25. The fourth-order valence-corrected chi connectivity index (χ4v) is 2.43. The monoisotopic (exact) mass is 369 g/mol. The maximum atomic E-state index is 11.6. The van der Waals surface area contributed by atoms with Gasteiger partial charge in [0.1, 0.15) is 0 Å². The van der Waals surface area contributed by atoms with E-state index in [4.69, 9.17) is 16.3 Å². The number of benzene rings is 2. The Balaban J connectivity index is 1.79. The number of nitrogens with one attached hydrogen (secondary N) is 2. The molecule has 0 amide bonds. The van der Waals surface area contributed by atoms with Crippen molar-refractivity contribution in [2.24, 2.45) is 0 Å². The molecule has 0 aliphatic rings. The van der Waals surface area contributed by atoms with Crippen LogP contribution >= 0.6 is 11.6 Å². The third-order valence-corrected chi connectivity index (χ3v) is 3.80. The summed E-state index contributed by atoms with van der Waals surface area (Å²) in [5.74, 6) is 0.391. The normalized spacial score (nSPS) is 10.3. The molecule has 26 heavy (non-hydrogen) atoms. The second-order valence-electron chi connectivity index (χ2n) is 5.45. The second kappa shape index (κ2) is 7.79. The number of ether oxygens (including phenoxy) is 1. The number of carbonyl (C=O) groups excluding carboxylic acids is 1. The van der Waals surface area contributed by atoms with Crippen molar-refractivity contribution in [3.8, 4) is 0 Å². The standard InChI is InChI=1S/C18H16ClN5O2/c1-11-6-7-13(19)9-15(11)22-18-23-16(10-20-24-18)21-14-5-3-4-12(8-14)17(25)26-2/h3-10H,1-2H3,(H2,21,22,23,24). The zero-order valence-electron chi connectivity index (χ0n) is 14.2. The predicted octanol–water partition coefficient (Wildman–Crippen LogP) is 4.11. The molecule has 0 aliphatic heterocycles. The topological polar surface area (TPSA) is 89.0 Å². The average Bonchev–Trinajstić information content (AvgIpc) is 2.64. The highest BCUT2D eigenvalue weighted by Gasteiger charge is 2.08. The third-order valence-electron chi connectivity index (χ3n) is 3.56. The molecular formula is C18H16ClN5O2. The minimum absolute atomic E-state index is 0.324. The molecule has 3 rings (SSSR count). The molecule has 0 bridgehead atoms. The van der Waals surface area contributed by atoms with Gasteiger partial charge in [-0.2, -0.15) is 10.1 Å². The number of hydrogen-bond donors (Lipinski definition) is 2. The predicted molar refractivity (Wildman–Crippen MR) is 100 cm³/mol. The van der Waals surface area contributed by atoms with Crippen LogP contribution in [0, 0.1) is 6.92 Å².